The average Bonchev–Trinajstić information content (AvgIpc) is 3.26. The standard InChI is InChI=1S/C26H23ClN4O4/c1-3-34-25(32)20(26(33)35-4-2)14-28-23-22-21(17-10-12-18(27)13-11-17)15-31(24(22)30-16-29-23)19-8-6-5-7-9-19/h5-16H,3-4H2,1-2H3,(H,28,29,30). The number of halogens is 1. The van der Waals surface area contributed by atoms with E-state index in [1.807, 2.05) is 53.2 Å². The molecule has 4 aromatic rings. The molecule has 0 bridgehead atoms. The second-order valence-corrected chi connectivity index (χ2v) is 7.76. The maximum absolute atomic E-state index is 12.4. The number of fused-ring (bicyclic) bond motifs is 1. The number of benzene rings is 2. The second-order valence-electron chi connectivity index (χ2n) is 7.32. The van der Waals surface area contributed by atoms with Gasteiger partial charge in [-0.1, -0.05) is 41.9 Å². The van der Waals surface area contributed by atoms with Gasteiger partial charge >= 0.3 is 11.9 Å². The number of aromatic nitrogens is 3. The highest BCUT2D eigenvalue weighted by atomic mass is 35.5. The van der Waals surface area contributed by atoms with E-state index in [1.165, 1.54) is 12.5 Å². The quantitative estimate of drug-likeness (QED) is 0.158. The third kappa shape index (κ3) is 5.17. The highest BCUT2D eigenvalue weighted by Gasteiger charge is 2.22. The summed E-state index contributed by atoms with van der Waals surface area (Å²) >= 11 is 6.11. The van der Waals surface area contributed by atoms with Gasteiger partial charge in [-0.25, -0.2) is 19.6 Å². The van der Waals surface area contributed by atoms with E-state index in [9.17, 15) is 9.59 Å². The molecule has 9 heteroatoms. The number of carbonyl (C=O) groups excluding carboxylic acids is 2. The van der Waals surface area contributed by atoms with Gasteiger partial charge in [-0.3, -0.25) is 0 Å². The Morgan fingerprint density at radius 3 is 2.26 bits per heavy atom. The molecule has 0 spiro atoms. The Kier molecular flexibility index (Phi) is 7.42. The van der Waals surface area contributed by atoms with Crippen LogP contribution < -0.4 is 5.32 Å². The van der Waals surface area contributed by atoms with Crippen LogP contribution in [0.25, 0.3) is 27.8 Å². The highest BCUT2D eigenvalue weighted by Crippen LogP contribution is 2.35. The third-order valence-electron chi connectivity index (χ3n) is 5.12. The fourth-order valence-corrected chi connectivity index (χ4v) is 3.69. The largest absolute Gasteiger partial charge is 0.462 e. The predicted octanol–water partition coefficient (Wildman–Crippen LogP) is 5.16. The van der Waals surface area contributed by atoms with Gasteiger partial charge in [0.1, 0.15) is 12.1 Å². The normalized spacial score (nSPS) is 10.6. The first kappa shape index (κ1) is 24.0. The van der Waals surface area contributed by atoms with Crippen molar-refractivity contribution in [1.82, 2.24) is 14.5 Å². The lowest BCUT2D eigenvalue weighted by atomic mass is 10.1. The van der Waals surface area contributed by atoms with Crippen molar-refractivity contribution in [3.8, 4) is 16.8 Å². The smallest absolute Gasteiger partial charge is 0.347 e. The molecule has 2 aromatic carbocycles. The molecule has 1 N–H and O–H groups in total. The summed E-state index contributed by atoms with van der Waals surface area (Å²) in [5.41, 5.74) is 3.02. The molecule has 2 aromatic heterocycles. The van der Waals surface area contributed by atoms with Crippen molar-refractivity contribution in [3.63, 3.8) is 0 Å². The van der Waals surface area contributed by atoms with Gasteiger partial charge in [0, 0.05) is 28.7 Å². The topological polar surface area (TPSA) is 95.3 Å². The lowest BCUT2D eigenvalue weighted by Gasteiger charge is -2.09. The first-order chi connectivity index (χ1) is 17.0. The molecule has 0 atom stereocenters. The van der Waals surface area contributed by atoms with E-state index in [0.717, 1.165) is 16.8 Å². The maximum Gasteiger partial charge on any atom is 0.347 e. The fraction of sp³-hybridized carbons (Fsp3) is 0.154. The van der Waals surface area contributed by atoms with E-state index in [4.69, 9.17) is 21.1 Å². The summed E-state index contributed by atoms with van der Waals surface area (Å²) < 4.78 is 12.0. The van der Waals surface area contributed by atoms with Crippen LogP contribution in [0.1, 0.15) is 13.8 Å². The van der Waals surface area contributed by atoms with E-state index < -0.39 is 11.9 Å². The SMILES string of the molecule is CCOC(=O)C(=CNc1ncnc2c1c(-c1ccc(Cl)cc1)cn2-c1ccccc1)C(=O)OCC. The van der Waals surface area contributed by atoms with Crippen LogP contribution in [0.5, 0.6) is 0 Å². The number of esters is 2. The highest BCUT2D eigenvalue weighted by molar-refractivity contribution is 6.30. The number of para-hydroxylation sites is 1. The van der Waals surface area contributed by atoms with Crippen LogP contribution in [0.2, 0.25) is 5.02 Å². The zero-order chi connectivity index (χ0) is 24.8. The van der Waals surface area contributed by atoms with Crippen LogP contribution in [0.15, 0.2) is 78.9 Å². The molecule has 0 aliphatic carbocycles. The number of nitrogens with one attached hydrogen (secondary N) is 1. The van der Waals surface area contributed by atoms with E-state index in [-0.39, 0.29) is 18.8 Å². The van der Waals surface area contributed by atoms with Crippen molar-refractivity contribution in [2.45, 2.75) is 13.8 Å². The van der Waals surface area contributed by atoms with Crippen molar-refractivity contribution in [3.05, 3.63) is 83.9 Å². The Bertz CT molecular complexity index is 1360. The number of carbonyl (C=O) groups is 2. The molecule has 35 heavy (non-hydrogen) atoms. The van der Waals surface area contributed by atoms with E-state index in [1.54, 1.807) is 26.0 Å². The molecule has 0 radical (unpaired) electrons. The third-order valence-corrected chi connectivity index (χ3v) is 5.37. The van der Waals surface area contributed by atoms with Gasteiger partial charge in [0.05, 0.1) is 18.6 Å². The van der Waals surface area contributed by atoms with Gasteiger partial charge in [-0.05, 0) is 43.7 Å². The molecule has 0 amide bonds. The summed E-state index contributed by atoms with van der Waals surface area (Å²) in [7, 11) is 0. The number of nitrogens with zero attached hydrogens (tertiary/aromatic N) is 3. The number of ether oxygens (including phenoxy) is 2. The first-order valence-corrected chi connectivity index (χ1v) is 11.4. The Balaban J connectivity index is 1.87. The van der Waals surface area contributed by atoms with E-state index in [0.29, 0.717) is 21.9 Å². The van der Waals surface area contributed by atoms with Gasteiger partial charge < -0.3 is 19.4 Å². The minimum absolute atomic E-state index is 0.119. The van der Waals surface area contributed by atoms with Crippen LogP contribution in [0, 0.1) is 0 Å². The summed E-state index contributed by atoms with van der Waals surface area (Å²) in [5, 5.41) is 4.31. The van der Waals surface area contributed by atoms with Crippen LogP contribution in [0.3, 0.4) is 0 Å². The molecule has 8 nitrogen and oxygen atoms in total. The monoisotopic (exact) mass is 490 g/mol. The maximum atomic E-state index is 12.4. The summed E-state index contributed by atoms with van der Waals surface area (Å²) in [6.45, 7) is 3.56. The van der Waals surface area contributed by atoms with Crippen LogP contribution in [-0.2, 0) is 19.1 Å². The molecule has 0 saturated carbocycles. The van der Waals surface area contributed by atoms with Gasteiger partial charge in [-0.15, -0.1) is 0 Å². The Labute approximate surface area is 207 Å². The van der Waals surface area contributed by atoms with Crippen molar-refractivity contribution < 1.29 is 19.1 Å². The minimum atomic E-state index is -0.788. The van der Waals surface area contributed by atoms with Crippen LogP contribution >= 0.6 is 11.6 Å². The molecule has 0 fully saturated rings. The summed E-state index contributed by atoms with van der Waals surface area (Å²) in [6.07, 6.45) is 4.63. The van der Waals surface area contributed by atoms with E-state index >= 15 is 0 Å². The summed E-state index contributed by atoms with van der Waals surface area (Å²) in [4.78, 5) is 33.7. The first-order valence-electron chi connectivity index (χ1n) is 11.0. The molecule has 0 saturated heterocycles. The van der Waals surface area contributed by atoms with Crippen molar-refractivity contribution in [2.24, 2.45) is 0 Å². The summed E-state index contributed by atoms with van der Waals surface area (Å²) in [6, 6.07) is 17.2. The van der Waals surface area contributed by atoms with E-state index in [2.05, 4.69) is 15.3 Å². The Morgan fingerprint density at radius 1 is 0.971 bits per heavy atom. The zero-order valence-corrected chi connectivity index (χ0v) is 20.0. The fourth-order valence-electron chi connectivity index (χ4n) is 3.56. The molecule has 0 aliphatic rings. The lowest BCUT2D eigenvalue weighted by molar-refractivity contribution is -0.146. The van der Waals surface area contributed by atoms with Crippen molar-refractivity contribution in [1.29, 1.82) is 0 Å². The zero-order valence-electron chi connectivity index (χ0n) is 19.2. The van der Waals surface area contributed by atoms with Gasteiger partial charge in [0.2, 0.25) is 0 Å². The van der Waals surface area contributed by atoms with Gasteiger partial charge in [0.25, 0.3) is 0 Å². The molecule has 2 heterocycles. The molecule has 0 unspecified atom stereocenters. The predicted molar refractivity (Wildman–Crippen MR) is 134 cm³/mol. The molecule has 0 aliphatic heterocycles. The molecular weight excluding hydrogens is 468 g/mol. The Hall–Kier alpha value is -4.17. The van der Waals surface area contributed by atoms with Gasteiger partial charge in [0.15, 0.2) is 11.2 Å². The average molecular weight is 491 g/mol. The number of hydrogen-bond donors (Lipinski definition) is 1. The lowest BCUT2D eigenvalue weighted by Crippen LogP contribution is -2.19. The molecule has 178 valence electrons. The van der Waals surface area contributed by atoms with Crippen LogP contribution in [0.4, 0.5) is 5.82 Å². The van der Waals surface area contributed by atoms with Crippen LogP contribution in [-0.4, -0.2) is 39.7 Å². The summed E-state index contributed by atoms with van der Waals surface area (Å²) in [5.74, 6) is -1.17. The van der Waals surface area contributed by atoms with Gasteiger partial charge in [-0.2, -0.15) is 0 Å². The number of hydrogen-bond acceptors (Lipinski definition) is 7. The van der Waals surface area contributed by atoms with Crippen molar-refractivity contribution >= 4 is 40.4 Å². The second kappa shape index (κ2) is 10.8. The minimum Gasteiger partial charge on any atom is -0.462 e. The molecular formula is C26H23ClN4O4. The number of anilines is 1. The molecule has 4 rings (SSSR count). The number of rotatable bonds is 8. The Morgan fingerprint density at radius 2 is 1.63 bits per heavy atom. The van der Waals surface area contributed by atoms with Crippen molar-refractivity contribution in [2.75, 3.05) is 18.5 Å².